The van der Waals surface area contributed by atoms with Gasteiger partial charge in [0.15, 0.2) is 0 Å². The van der Waals surface area contributed by atoms with Crippen molar-refractivity contribution in [2.75, 3.05) is 18.6 Å². The van der Waals surface area contributed by atoms with Crippen LogP contribution in [0.4, 0.5) is 14.9 Å². The molecule has 0 aliphatic carbocycles. The van der Waals surface area contributed by atoms with Crippen molar-refractivity contribution in [3.63, 3.8) is 0 Å². The Bertz CT molecular complexity index is 545. The fourth-order valence-electron chi connectivity index (χ4n) is 2.18. The lowest BCUT2D eigenvalue weighted by Crippen LogP contribution is -2.36. The van der Waals surface area contributed by atoms with Crippen LogP contribution in [0.15, 0.2) is 18.2 Å². The minimum Gasteiger partial charge on any atom is -0.486 e. The molecule has 6 nitrogen and oxygen atoms in total. The summed E-state index contributed by atoms with van der Waals surface area (Å²) < 4.78 is 24.3. The number of rotatable bonds is 3. The van der Waals surface area contributed by atoms with E-state index in [1.54, 1.807) is 25.7 Å². The normalized spacial score (nSPS) is 18.2. The van der Waals surface area contributed by atoms with Crippen LogP contribution in [-0.2, 0) is 4.74 Å². The molecule has 1 heterocycles. The van der Waals surface area contributed by atoms with Gasteiger partial charge in [-0.1, -0.05) is 0 Å². The maximum atomic E-state index is 13.3. The number of amides is 1. The van der Waals surface area contributed by atoms with Gasteiger partial charge in [0.1, 0.15) is 29.0 Å². The Morgan fingerprint density at radius 1 is 1.45 bits per heavy atom. The van der Waals surface area contributed by atoms with Gasteiger partial charge in [-0.15, -0.1) is 0 Å². The molecule has 1 aliphatic heterocycles. The highest BCUT2D eigenvalue weighted by atomic mass is 19.1. The van der Waals surface area contributed by atoms with Gasteiger partial charge in [-0.25, -0.2) is 9.18 Å². The summed E-state index contributed by atoms with van der Waals surface area (Å²) in [4.78, 5) is 13.5. The zero-order valence-corrected chi connectivity index (χ0v) is 12.9. The minimum atomic E-state index is -0.549. The standard InChI is InChI=1S/C15H21FN2O4/c1-15(2,3)22-14(19)18-7-6-11(9-18)21-13-8-10(16)4-5-12(13)17-20/h4-5,8,11,17,20H,6-7,9H2,1-3H3. The van der Waals surface area contributed by atoms with Crippen LogP contribution in [0.25, 0.3) is 0 Å². The van der Waals surface area contributed by atoms with Gasteiger partial charge < -0.3 is 14.4 Å². The van der Waals surface area contributed by atoms with Gasteiger partial charge in [-0.3, -0.25) is 10.7 Å². The smallest absolute Gasteiger partial charge is 0.410 e. The molecule has 1 aromatic rings. The molecule has 1 fully saturated rings. The van der Waals surface area contributed by atoms with Crippen LogP contribution in [0.1, 0.15) is 27.2 Å². The third kappa shape index (κ3) is 4.24. The second kappa shape index (κ2) is 6.39. The molecule has 1 aliphatic rings. The highest BCUT2D eigenvalue weighted by Gasteiger charge is 2.31. The van der Waals surface area contributed by atoms with Crippen molar-refractivity contribution < 1.29 is 23.9 Å². The molecule has 7 heteroatoms. The summed E-state index contributed by atoms with van der Waals surface area (Å²) in [6, 6.07) is 3.78. The molecule has 1 atom stereocenters. The fraction of sp³-hybridized carbons (Fsp3) is 0.533. The number of nitrogens with zero attached hydrogens (tertiary/aromatic N) is 1. The van der Waals surface area contributed by atoms with Crippen LogP contribution in [-0.4, -0.2) is 41.0 Å². The van der Waals surface area contributed by atoms with Crippen LogP contribution in [0.2, 0.25) is 0 Å². The van der Waals surface area contributed by atoms with Gasteiger partial charge in [-0.05, 0) is 32.9 Å². The average Bonchev–Trinajstić information content (AvgIpc) is 2.86. The molecule has 22 heavy (non-hydrogen) atoms. The van der Waals surface area contributed by atoms with Gasteiger partial charge in [0.2, 0.25) is 0 Å². The van der Waals surface area contributed by atoms with E-state index in [1.165, 1.54) is 18.2 Å². The van der Waals surface area contributed by atoms with E-state index in [-0.39, 0.29) is 17.5 Å². The third-order valence-electron chi connectivity index (χ3n) is 3.15. The predicted octanol–water partition coefficient (Wildman–Crippen LogP) is 3.02. The number of hydrogen-bond acceptors (Lipinski definition) is 5. The summed E-state index contributed by atoms with van der Waals surface area (Å²) in [5.74, 6) is -0.255. The number of benzene rings is 1. The van der Waals surface area contributed by atoms with Gasteiger partial charge >= 0.3 is 6.09 Å². The predicted molar refractivity (Wildman–Crippen MR) is 78.6 cm³/mol. The van der Waals surface area contributed by atoms with E-state index in [4.69, 9.17) is 14.7 Å². The van der Waals surface area contributed by atoms with Crippen molar-refractivity contribution in [2.45, 2.75) is 38.9 Å². The van der Waals surface area contributed by atoms with E-state index in [1.807, 2.05) is 5.48 Å². The molecule has 0 aromatic heterocycles. The Kier molecular flexibility index (Phi) is 4.75. The number of anilines is 1. The van der Waals surface area contributed by atoms with Crippen molar-refractivity contribution in [1.82, 2.24) is 4.90 Å². The molecule has 2 N–H and O–H groups in total. The first-order chi connectivity index (χ1) is 10.3. The van der Waals surface area contributed by atoms with E-state index in [0.29, 0.717) is 19.5 Å². The second-order valence-corrected chi connectivity index (χ2v) is 6.21. The molecule has 1 unspecified atom stereocenters. The molecule has 2 rings (SSSR count). The van der Waals surface area contributed by atoms with E-state index in [9.17, 15) is 9.18 Å². The molecule has 0 bridgehead atoms. The van der Waals surface area contributed by atoms with Gasteiger partial charge in [0.25, 0.3) is 0 Å². The lowest BCUT2D eigenvalue weighted by molar-refractivity contribution is 0.0275. The largest absolute Gasteiger partial charge is 0.486 e. The Morgan fingerprint density at radius 2 is 2.18 bits per heavy atom. The van der Waals surface area contributed by atoms with Crippen molar-refractivity contribution in [2.24, 2.45) is 0 Å². The minimum absolute atomic E-state index is 0.207. The Morgan fingerprint density at radius 3 is 2.82 bits per heavy atom. The zero-order valence-electron chi connectivity index (χ0n) is 12.9. The molecular formula is C15H21FN2O4. The first kappa shape index (κ1) is 16.4. The van der Waals surface area contributed by atoms with Crippen LogP contribution < -0.4 is 10.2 Å². The van der Waals surface area contributed by atoms with Crippen molar-refractivity contribution in [1.29, 1.82) is 0 Å². The molecule has 1 amide bonds. The first-order valence-electron chi connectivity index (χ1n) is 7.13. The Labute approximate surface area is 128 Å². The molecular weight excluding hydrogens is 291 g/mol. The van der Waals surface area contributed by atoms with E-state index >= 15 is 0 Å². The monoisotopic (exact) mass is 312 g/mol. The maximum Gasteiger partial charge on any atom is 0.410 e. The Hall–Kier alpha value is -2.02. The van der Waals surface area contributed by atoms with Gasteiger partial charge in [-0.2, -0.15) is 0 Å². The lowest BCUT2D eigenvalue weighted by atomic mass is 10.2. The van der Waals surface area contributed by atoms with E-state index < -0.39 is 17.5 Å². The van der Waals surface area contributed by atoms with Crippen LogP contribution >= 0.6 is 0 Å². The molecule has 1 saturated heterocycles. The van der Waals surface area contributed by atoms with Crippen LogP contribution in [0.5, 0.6) is 5.75 Å². The molecule has 0 spiro atoms. The second-order valence-electron chi connectivity index (χ2n) is 6.21. The number of carbonyl (C=O) groups excluding carboxylic acids is 1. The topological polar surface area (TPSA) is 71.0 Å². The van der Waals surface area contributed by atoms with Crippen LogP contribution in [0.3, 0.4) is 0 Å². The molecule has 0 saturated carbocycles. The third-order valence-corrected chi connectivity index (χ3v) is 3.15. The maximum absolute atomic E-state index is 13.3. The SMILES string of the molecule is CC(C)(C)OC(=O)N1CCC(Oc2cc(F)ccc2NO)C1. The summed E-state index contributed by atoms with van der Waals surface area (Å²) in [7, 11) is 0. The number of nitrogens with one attached hydrogen (secondary N) is 1. The van der Waals surface area contributed by atoms with Crippen molar-refractivity contribution >= 4 is 11.8 Å². The molecule has 1 aromatic carbocycles. The van der Waals surface area contributed by atoms with Crippen molar-refractivity contribution in [3.8, 4) is 5.75 Å². The van der Waals surface area contributed by atoms with Crippen molar-refractivity contribution in [3.05, 3.63) is 24.0 Å². The number of hydrogen-bond donors (Lipinski definition) is 2. The first-order valence-corrected chi connectivity index (χ1v) is 7.13. The number of likely N-dealkylation sites (tertiary alicyclic amines) is 1. The zero-order chi connectivity index (χ0) is 16.3. The lowest BCUT2D eigenvalue weighted by Gasteiger charge is -2.24. The average molecular weight is 312 g/mol. The molecule has 122 valence electrons. The fourth-order valence-corrected chi connectivity index (χ4v) is 2.18. The Balaban J connectivity index is 1.97. The summed E-state index contributed by atoms with van der Waals surface area (Å²) in [6.07, 6.45) is -0.0552. The number of carbonyl (C=O) groups is 1. The van der Waals surface area contributed by atoms with Gasteiger partial charge in [0.05, 0.1) is 6.54 Å². The highest BCUT2D eigenvalue weighted by molar-refractivity contribution is 5.68. The van der Waals surface area contributed by atoms with Crippen LogP contribution in [0, 0.1) is 5.82 Å². The van der Waals surface area contributed by atoms with E-state index in [0.717, 1.165) is 0 Å². The summed E-state index contributed by atoms with van der Waals surface area (Å²) in [5, 5.41) is 9.01. The number of ether oxygens (including phenoxy) is 2. The highest BCUT2D eigenvalue weighted by Crippen LogP contribution is 2.28. The van der Waals surface area contributed by atoms with E-state index in [2.05, 4.69) is 0 Å². The summed E-state index contributed by atoms with van der Waals surface area (Å²) in [6.45, 7) is 6.29. The summed E-state index contributed by atoms with van der Waals surface area (Å²) >= 11 is 0. The van der Waals surface area contributed by atoms with Gasteiger partial charge in [0, 0.05) is 19.0 Å². The molecule has 0 radical (unpaired) electrons. The number of halogens is 1. The quantitative estimate of drug-likeness (QED) is 0.840. The summed E-state index contributed by atoms with van der Waals surface area (Å²) in [5.41, 5.74) is 1.69.